The summed E-state index contributed by atoms with van der Waals surface area (Å²) in [6, 6.07) is 0.248. The minimum absolute atomic E-state index is 0.148. The molecule has 1 aromatic heterocycles. The van der Waals surface area contributed by atoms with E-state index in [1.54, 1.807) is 0 Å². The molecule has 4 rings (SSSR count). The van der Waals surface area contributed by atoms with Gasteiger partial charge in [-0.25, -0.2) is 14.8 Å². The molecule has 0 aromatic carbocycles. The van der Waals surface area contributed by atoms with Crippen molar-refractivity contribution in [1.82, 2.24) is 15.3 Å². The van der Waals surface area contributed by atoms with Gasteiger partial charge in [0.2, 0.25) is 0 Å². The molecule has 1 aromatic rings. The van der Waals surface area contributed by atoms with Crippen LogP contribution in [0.3, 0.4) is 0 Å². The SMILES string of the molecule is O=C(O)c1cnc(C(=O)NC2CC3CC2C2CCCC32)cn1. The van der Waals surface area contributed by atoms with Gasteiger partial charge < -0.3 is 10.4 Å². The number of carboxylic acids is 1. The first-order chi connectivity index (χ1) is 10.6. The van der Waals surface area contributed by atoms with E-state index < -0.39 is 5.97 Å². The van der Waals surface area contributed by atoms with E-state index in [-0.39, 0.29) is 23.3 Å². The number of nitrogens with zero attached hydrogens (tertiary/aromatic N) is 2. The maximum absolute atomic E-state index is 12.3. The average molecular weight is 301 g/mol. The molecule has 1 heterocycles. The molecule has 22 heavy (non-hydrogen) atoms. The summed E-state index contributed by atoms with van der Waals surface area (Å²) < 4.78 is 0. The lowest BCUT2D eigenvalue weighted by Crippen LogP contribution is -2.42. The minimum atomic E-state index is -1.14. The molecule has 3 saturated carbocycles. The van der Waals surface area contributed by atoms with E-state index in [0.29, 0.717) is 5.92 Å². The molecule has 116 valence electrons. The van der Waals surface area contributed by atoms with Gasteiger partial charge in [-0.3, -0.25) is 4.79 Å². The first kappa shape index (κ1) is 13.7. The van der Waals surface area contributed by atoms with Crippen LogP contribution >= 0.6 is 0 Å². The van der Waals surface area contributed by atoms with Gasteiger partial charge in [0.1, 0.15) is 5.69 Å². The first-order valence-corrected chi connectivity index (χ1v) is 7.99. The Balaban J connectivity index is 1.43. The highest BCUT2D eigenvalue weighted by Crippen LogP contribution is 2.58. The number of carboxylic acid groups (broad SMARTS) is 1. The number of amides is 1. The van der Waals surface area contributed by atoms with Crippen molar-refractivity contribution < 1.29 is 14.7 Å². The standard InChI is InChI=1S/C16H19N3O3/c20-15(13-6-18-14(7-17-13)16(21)22)19-12-5-8-4-11(12)10-3-1-2-9(8)10/h6-12H,1-5H2,(H,19,20)(H,21,22). The molecule has 6 nitrogen and oxygen atoms in total. The fraction of sp³-hybridized carbons (Fsp3) is 0.625. The highest BCUT2D eigenvalue weighted by atomic mass is 16.4. The number of aromatic nitrogens is 2. The summed E-state index contributed by atoms with van der Waals surface area (Å²) in [5.41, 5.74) is 0.0426. The molecule has 0 saturated heterocycles. The Kier molecular flexibility index (Phi) is 3.13. The predicted molar refractivity (Wildman–Crippen MR) is 77.3 cm³/mol. The van der Waals surface area contributed by atoms with Crippen molar-refractivity contribution in [3.63, 3.8) is 0 Å². The van der Waals surface area contributed by atoms with Gasteiger partial charge in [0.15, 0.2) is 5.69 Å². The summed E-state index contributed by atoms with van der Waals surface area (Å²) in [6.07, 6.45) is 8.72. The number of fused-ring (bicyclic) bond motifs is 5. The van der Waals surface area contributed by atoms with E-state index >= 15 is 0 Å². The zero-order chi connectivity index (χ0) is 15.3. The Morgan fingerprint density at radius 2 is 1.77 bits per heavy atom. The topological polar surface area (TPSA) is 92.2 Å². The van der Waals surface area contributed by atoms with Crippen molar-refractivity contribution in [2.24, 2.45) is 23.7 Å². The van der Waals surface area contributed by atoms with Gasteiger partial charge in [-0.05, 0) is 49.4 Å². The van der Waals surface area contributed by atoms with Crippen molar-refractivity contribution in [2.45, 2.75) is 38.1 Å². The van der Waals surface area contributed by atoms with Crippen LogP contribution in [0.25, 0.3) is 0 Å². The second-order valence-electron chi connectivity index (χ2n) is 6.83. The Labute approximate surface area is 128 Å². The maximum atomic E-state index is 12.3. The molecule has 2 bridgehead atoms. The summed E-state index contributed by atoms with van der Waals surface area (Å²) in [7, 11) is 0. The van der Waals surface area contributed by atoms with Crippen LogP contribution in [0.1, 0.15) is 53.1 Å². The molecule has 6 heteroatoms. The Hall–Kier alpha value is -1.98. The van der Waals surface area contributed by atoms with E-state index in [0.717, 1.165) is 30.4 Å². The van der Waals surface area contributed by atoms with Crippen LogP contribution < -0.4 is 5.32 Å². The molecule has 3 aliphatic rings. The molecule has 0 spiro atoms. The van der Waals surface area contributed by atoms with Crippen molar-refractivity contribution in [3.05, 3.63) is 23.8 Å². The lowest BCUT2D eigenvalue weighted by molar-refractivity contribution is 0.0688. The molecule has 0 aliphatic heterocycles. The molecule has 2 N–H and O–H groups in total. The summed E-state index contributed by atoms with van der Waals surface area (Å²) in [5, 5.41) is 11.9. The largest absolute Gasteiger partial charge is 0.476 e. The third kappa shape index (κ3) is 2.09. The van der Waals surface area contributed by atoms with Gasteiger partial charge >= 0.3 is 5.97 Å². The van der Waals surface area contributed by atoms with Crippen molar-refractivity contribution >= 4 is 11.9 Å². The van der Waals surface area contributed by atoms with E-state index in [4.69, 9.17) is 5.11 Å². The number of carbonyl (C=O) groups is 2. The number of aromatic carboxylic acids is 1. The fourth-order valence-electron chi connectivity index (χ4n) is 5.03. The third-order valence-electron chi connectivity index (χ3n) is 5.85. The second kappa shape index (κ2) is 5.04. The molecule has 5 unspecified atom stereocenters. The highest BCUT2D eigenvalue weighted by molar-refractivity contribution is 5.93. The van der Waals surface area contributed by atoms with Crippen molar-refractivity contribution in [2.75, 3.05) is 0 Å². The van der Waals surface area contributed by atoms with E-state index in [9.17, 15) is 9.59 Å². The van der Waals surface area contributed by atoms with Crippen LogP contribution in [0, 0.1) is 23.7 Å². The second-order valence-corrected chi connectivity index (χ2v) is 6.83. The zero-order valence-corrected chi connectivity index (χ0v) is 12.2. The average Bonchev–Trinajstić information content (AvgIpc) is 3.19. The van der Waals surface area contributed by atoms with E-state index in [1.807, 2.05) is 0 Å². The van der Waals surface area contributed by atoms with Crippen LogP contribution in [-0.2, 0) is 0 Å². The monoisotopic (exact) mass is 301 g/mol. The number of hydrogen-bond donors (Lipinski definition) is 2. The summed E-state index contributed by atoms with van der Waals surface area (Å²) in [6.45, 7) is 0. The quantitative estimate of drug-likeness (QED) is 0.887. The van der Waals surface area contributed by atoms with Crippen molar-refractivity contribution in [3.8, 4) is 0 Å². The van der Waals surface area contributed by atoms with E-state index in [2.05, 4.69) is 15.3 Å². The van der Waals surface area contributed by atoms with Crippen LogP contribution in [0.4, 0.5) is 0 Å². The normalized spacial score (nSPS) is 35.4. The zero-order valence-electron chi connectivity index (χ0n) is 12.2. The Morgan fingerprint density at radius 1 is 1.05 bits per heavy atom. The lowest BCUT2D eigenvalue weighted by atomic mass is 9.79. The minimum Gasteiger partial charge on any atom is -0.476 e. The molecule has 3 fully saturated rings. The van der Waals surface area contributed by atoms with Crippen LogP contribution in [0.15, 0.2) is 12.4 Å². The first-order valence-electron chi connectivity index (χ1n) is 7.99. The lowest BCUT2D eigenvalue weighted by Gasteiger charge is -2.31. The van der Waals surface area contributed by atoms with Crippen LogP contribution in [0.5, 0.6) is 0 Å². The van der Waals surface area contributed by atoms with Gasteiger partial charge in [-0.15, -0.1) is 0 Å². The van der Waals surface area contributed by atoms with E-state index in [1.165, 1.54) is 31.9 Å². The number of nitrogens with one attached hydrogen (secondary N) is 1. The third-order valence-corrected chi connectivity index (χ3v) is 5.85. The molecular weight excluding hydrogens is 282 g/mol. The van der Waals surface area contributed by atoms with Gasteiger partial charge in [-0.2, -0.15) is 0 Å². The van der Waals surface area contributed by atoms with Crippen LogP contribution in [-0.4, -0.2) is 33.0 Å². The fourth-order valence-corrected chi connectivity index (χ4v) is 5.03. The summed E-state index contributed by atoms with van der Waals surface area (Å²) in [5.74, 6) is 1.71. The number of carbonyl (C=O) groups excluding carboxylic acids is 1. The number of rotatable bonds is 3. The molecule has 3 aliphatic carbocycles. The van der Waals surface area contributed by atoms with Gasteiger partial charge in [0, 0.05) is 6.04 Å². The Bertz CT molecular complexity index is 616. The molecule has 5 atom stereocenters. The van der Waals surface area contributed by atoms with Crippen LogP contribution in [0.2, 0.25) is 0 Å². The van der Waals surface area contributed by atoms with Crippen molar-refractivity contribution in [1.29, 1.82) is 0 Å². The van der Waals surface area contributed by atoms with Gasteiger partial charge in [0.25, 0.3) is 5.91 Å². The number of hydrogen-bond acceptors (Lipinski definition) is 4. The van der Waals surface area contributed by atoms with Gasteiger partial charge in [0.05, 0.1) is 12.4 Å². The van der Waals surface area contributed by atoms with Gasteiger partial charge in [-0.1, -0.05) is 6.42 Å². The Morgan fingerprint density at radius 3 is 2.50 bits per heavy atom. The molecule has 0 radical (unpaired) electrons. The maximum Gasteiger partial charge on any atom is 0.356 e. The predicted octanol–water partition coefficient (Wildman–Crippen LogP) is 1.73. The molecule has 1 amide bonds. The molecular formula is C16H19N3O3. The summed E-state index contributed by atoms with van der Waals surface area (Å²) >= 11 is 0. The summed E-state index contributed by atoms with van der Waals surface area (Å²) in [4.78, 5) is 30.7. The highest BCUT2D eigenvalue weighted by Gasteiger charge is 2.54. The smallest absolute Gasteiger partial charge is 0.356 e.